The molecule has 0 aromatic carbocycles. The summed E-state index contributed by atoms with van der Waals surface area (Å²) in [4.78, 5) is 7.67. The van der Waals surface area contributed by atoms with Crippen LogP contribution in [-0.4, -0.2) is 41.0 Å². The summed E-state index contributed by atoms with van der Waals surface area (Å²) in [5, 5.41) is 9.86. The molecule has 5 nitrogen and oxygen atoms in total. The van der Waals surface area contributed by atoms with E-state index in [1.807, 2.05) is 0 Å². The third-order valence-corrected chi connectivity index (χ3v) is 2.12. The van der Waals surface area contributed by atoms with Crippen LogP contribution in [-0.2, 0) is 9.47 Å². The molecule has 0 bridgehead atoms. The van der Waals surface area contributed by atoms with Gasteiger partial charge in [-0.15, -0.1) is 0 Å². The van der Waals surface area contributed by atoms with Crippen LogP contribution < -0.4 is 0 Å². The fourth-order valence-electron chi connectivity index (χ4n) is 1.37. The predicted octanol–water partition coefficient (Wildman–Crippen LogP) is -0.0746. The van der Waals surface area contributed by atoms with E-state index in [1.165, 1.54) is 6.33 Å². The molecule has 0 aliphatic carbocycles. The third-order valence-electron chi connectivity index (χ3n) is 2.12. The Kier molecular flexibility index (Phi) is 3.03. The van der Waals surface area contributed by atoms with Crippen molar-refractivity contribution in [2.45, 2.75) is 12.2 Å². The minimum atomic E-state index is -0.712. The highest BCUT2D eigenvalue weighted by Gasteiger charge is 2.24. The van der Waals surface area contributed by atoms with E-state index in [1.54, 1.807) is 12.4 Å². The maximum Gasteiger partial charge on any atom is 0.115 e. The minimum absolute atomic E-state index is 0.310. The van der Waals surface area contributed by atoms with E-state index in [0.717, 1.165) is 0 Å². The van der Waals surface area contributed by atoms with Crippen LogP contribution in [0.5, 0.6) is 0 Å². The normalized spacial score (nSPS) is 24.5. The highest BCUT2D eigenvalue weighted by molar-refractivity contribution is 5.08. The lowest BCUT2D eigenvalue weighted by Gasteiger charge is -2.26. The second-order valence-electron chi connectivity index (χ2n) is 3.10. The predicted molar refractivity (Wildman–Crippen MR) is 47.6 cm³/mol. The van der Waals surface area contributed by atoms with Gasteiger partial charge in [-0.05, 0) is 0 Å². The maximum atomic E-state index is 9.86. The van der Waals surface area contributed by atoms with Crippen molar-refractivity contribution < 1.29 is 14.6 Å². The van der Waals surface area contributed by atoms with Gasteiger partial charge in [-0.25, -0.2) is 9.97 Å². The molecule has 1 saturated heterocycles. The van der Waals surface area contributed by atoms with E-state index in [0.29, 0.717) is 25.4 Å². The number of hydrogen-bond donors (Lipinski definition) is 1. The monoisotopic (exact) mass is 196 g/mol. The molecule has 5 heteroatoms. The third kappa shape index (κ3) is 2.06. The summed E-state index contributed by atoms with van der Waals surface area (Å²) in [6.45, 7) is 1.53. The highest BCUT2D eigenvalue weighted by Crippen LogP contribution is 2.19. The van der Waals surface area contributed by atoms with E-state index < -0.39 is 6.10 Å². The summed E-state index contributed by atoms with van der Waals surface area (Å²) in [6.07, 6.45) is 3.56. The van der Waals surface area contributed by atoms with Gasteiger partial charge in [0.1, 0.15) is 18.5 Å². The number of hydrogen-bond acceptors (Lipinski definition) is 5. The quantitative estimate of drug-likeness (QED) is 0.717. The van der Waals surface area contributed by atoms with Gasteiger partial charge in [0.25, 0.3) is 0 Å². The standard InChI is InChI=1S/C9H12N2O3/c12-9(7-3-10-6-11-4-7)8-5-13-1-2-14-8/h3-4,6,8-9,12H,1-2,5H2. The van der Waals surface area contributed by atoms with Crippen LogP contribution in [0.2, 0.25) is 0 Å². The molecule has 2 heterocycles. The van der Waals surface area contributed by atoms with Crippen LogP contribution in [0.3, 0.4) is 0 Å². The SMILES string of the molecule is OC(c1cncnc1)C1COCCO1. The van der Waals surface area contributed by atoms with Crippen molar-refractivity contribution in [3.05, 3.63) is 24.3 Å². The Balaban J connectivity index is 2.03. The molecule has 76 valence electrons. The summed E-state index contributed by atoms with van der Waals surface area (Å²) in [5.74, 6) is 0. The van der Waals surface area contributed by atoms with Crippen LogP contribution in [0, 0.1) is 0 Å². The van der Waals surface area contributed by atoms with E-state index in [-0.39, 0.29) is 6.10 Å². The fourth-order valence-corrected chi connectivity index (χ4v) is 1.37. The van der Waals surface area contributed by atoms with Crippen LogP contribution in [0.4, 0.5) is 0 Å². The lowest BCUT2D eigenvalue weighted by atomic mass is 10.1. The van der Waals surface area contributed by atoms with Crippen molar-refractivity contribution in [3.63, 3.8) is 0 Å². The number of rotatable bonds is 2. The maximum absolute atomic E-state index is 9.86. The number of aromatic nitrogens is 2. The van der Waals surface area contributed by atoms with Gasteiger partial charge in [0.05, 0.1) is 19.8 Å². The Morgan fingerprint density at radius 2 is 2.14 bits per heavy atom. The molecule has 0 amide bonds. The average molecular weight is 196 g/mol. The molecule has 1 aromatic heterocycles. The minimum Gasteiger partial charge on any atom is -0.385 e. The van der Waals surface area contributed by atoms with Gasteiger partial charge in [-0.3, -0.25) is 0 Å². The van der Waals surface area contributed by atoms with E-state index in [9.17, 15) is 5.11 Å². The largest absolute Gasteiger partial charge is 0.385 e. The van der Waals surface area contributed by atoms with Gasteiger partial charge in [0.15, 0.2) is 0 Å². The van der Waals surface area contributed by atoms with Crippen LogP contribution in [0.1, 0.15) is 11.7 Å². The van der Waals surface area contributed by atoms with Crippen LogP contribution in [0.25, 0.3) is 0 Å². The Morgan fingerprint density at radius 1 is 1.36 bits per heavy atom. The molecule has 2 rings (SSSR count). The first-order valence-electron chi connectivity index (χ1n) is 4.50. The topological polar surface area (TPSA) is 64.5 Å². The first-order valence-corrected chi connectivity index (χ1v) is 4.50. The van der Waals surface area contributed by atoms with Gasteiger partial charge in [0.2, 0.25) is 0 Å². The van der Waals surface area contributed by atoms with Crippen molar-refractivity contribution in [2.24, 2.45) is 0 Å². The van der Waals surface area contributed by atoms with Gasteiger partial charge >= 0.3 is 0 Å². The molecular weight excluding hydrogens is 184 g/mol. The molecule has 1 aromatic rings. The average Bonchev–Trinajstić information content (AvgIpc) is 2.30. The van der Waals surface area contributed by atoms with Gasteiger partial charge in [-0.2, -0.15) is 0 Å². The molecule has 14 heavy (non-hydrogen) atoms. The zero-order chi connectivity index (χ0) is 9.80. The first kappa shape index (κ1) is 9.51. The summed E-state index contributed by atoms with van der Waals surface area (Å²) in [7, 11) is 0. The molecule has 1 fully saturated rings. The van der Waals surface area contributed by atoms with Crippen LogP contribution in [0.15, 0.2) is 18.7 Å². The molecule has 1 aliphatic rings. The molecular formula is C9H12N2O3. The Labute approximate surface area is 81.7 Å². The molecule has 0 spiro atoms. The zero-order valence-corrected chi connectivity index (χ0v) is 7.67. The molecule has 2 atom stereocenters. The number of aliphatic hydroxyl groups excluding tert-OH is 1. The Morgan fingerprint density at radius 3 is 2.79 bits per heavy atom. The summed E-state index contributed by atoms with van der Waals surface area (Å²) in [6, 6.07) is 0. The van der Waals surface area contributed by atoms with Crippen molar-refractivity contribution in [3.8, 4) is 0 Å². The van der Waals surface area contributed by atoms with Gasteiger partial charge in [0, 0.05) is 18.0 Å². The molecule has 1 aliphatic heterocycles. The second kappa shape index (κ2) is 4.45. The summed E-state index contributed by atoms with van der Waals surface area (Å²) >= 11 is 0. The summed E-state index contributed by atoms with van der Waals surface area (Å²) in [5.41, 5.74) is 0.656. The van der Waals surface area contributed by atoms with E-state index in [4.69, 9.17) is 9.47 Å². The lowest BCUT2D eigenvalue weighted by Crippen LogP contribution is -2.33. The first-order chi connectivity index (χ1) is 6.88. The zero-order valence-electron chi connectivity index (χ0n) is 7.67. The fraction of sp³-hybridized carbons (Fsp3) is 0.556. The van der Waals surface area contributed by atoms with Crippen molar-refractivity contribution in [2.75, 3.05) is 19.8 Å². The highest BCUT2D eigenvalue weighted by atomic mass is 16.6. The Bertz CT molecular complexity index is 275. The molecule has 0 radical (unpaired) electrons. The number of ether oxygens (including phenoxy) is 2. The van der Waals surface area contributed by atoms with Crippen molar-refractivity contribution in [1.82, 2.24) is 9.97 Å². The van der Waals surface area contributed by atoms with E-state index >= 15 is 0 Å². The number of nitrogens with zero attached hydrogens (tertiary/aromatic N) is 2. The molecule has 2 unspecified atom stereocenters. The smallest absolute Gasteiger partial charge is 0.115 e. The second-order valence-corrected chi connectivity index (χ2v) is 3.10. The van der Waals surface area contributed by atoms with Crippen molar-refractivity contribution >= 4 is 0 Å². The van der Waals surface area contributed by atoms with Crippen LogP contribution >= 0.6 is 0 Å². The molecule has 1 N–H and O–H groups in total. The van der Waals surface area contributed by atoms with Crippen molar-refractivity contribution in [1.29, 1.82) is 0 Å². The summed E-state index contributed by atoms with van der Waals surface area (Å²) < 4.78 is 10.6. The van der Waals surface area contributed by atoms with Gasteiger partial charge < -0.3 is 14.6 Å². The lowest BCUT2D eigenvalue weighted by molar-refractivity contribution is -0.133. The van der Waals surface area contributed by atoms with Gasteiger partial charge in [-0.1, -0.05) is 0 Å². The van der Waals surface area contributed by atoms with E-state index in [2.05, 4.69) is 9.97 Å². The number of aliphatic hydroxyl groups is 1. The Hall–Kier alpha value is -1.04. The molecule has 0 saturated carbocycles.